The minimum Gasteiger partial charge on any atom is -0.484 e. The number of ether oxygens (including phenoxy) is 3. The molecule has 34 heavy (non-hydrogen) atoms. The molecule has 7 nitrogen and oxygen atoms in total. The van der Waals surface area contributed by atoms with Gasteiger partial charge in [0.1, 0.15) is 29.8 Å². The summed E-state index contributed by atoms with van der Waals surface area (Å²) in [4.78, 5) is 14.9. The molecule has 0 aliphatic carbocycles. The molecule has 1 saturated heterocycles. The summed E-state index contributed by atoms with van der Waals surface area (Å²) in [5.74, 6) is -6.44. The van der Waals surface area contributed by atoms with Crippen molar-refractivity contribution >= 4 is 16.9 Å². The van der Waals surface area contributed by atoms with Crippen molar-refractivity contribution in [2.24, 2.45) is 7.05 Å². The van der Waals surface area contributed by atoms with Crippen molar-refractivity contribution in [3.63, 3.8) is 0 Å². The number of rotatable bonds is 9. The molecule has 3 rings (SSSR count). The maximum atomic E-state index is 14.7. The first-order chi connectivity index (χ1) is 15.9. The standard InChI is InChI=1S/C21H25F6N3O4/c1-10(28-11(2)31)4-5-15-21(26,27)7-12(8-33-15)34-20-29-18-13(22)6-14(32-9-16(23)24)17(25)19(18)30(20)3/h6,10,12,15-16H,4-5,7-9H2,1-3H3,(H,28,31)/t10-,12?,15+/m0/s1. The molecule has 2 heterocycles. The Morgan fingerprint density at radius 1 is 1.38 bits per heavy atom. The van der Waals surface area contributed by atoms with E-state index in [1.54, 1.807) is 6.92 Å². The van der Waals surface area contributed by atoms with Crippen LogP contribution in [0.2, 0.25) is 0 Å². The summed E-state index contributed by atoms with van der Waals surface area (Å²) in [5, 5.41) is 2.61. The minimum absolute atomic E-state index is 0.00523. The highest BCUT2D eigenvalue weighted by Gasteiger charge is 2.47. The van der Waals surface area contributed by atoms with Gasteiger partial charge >= 0.3 is 0 Å². The lowest BCUT2D eigenvalue weighted by molar-refractivity contribution is -0.202. The third kappa shape index (κ3) is 5.86. The second-order valence-corrected chi connectivity index (χ2v) is 8.23. The van der Waals surface area contributed by atoms with Crippen molar-refractivity contribution in [1.29, 1.82) is 0 Å². The molecule has 3 atom stereocenters. The van der Waals surface area contributed by atoms with Crippen LogP contribution in [0.4, 0.5) is 26.3 Å². The molecule has 1 amide bonds. The van der Waals surface area contributed by atoms with Crippen molar-refractivity contribution < 1.29 is 45.3 Å². The molecule has 1 aliphatic rings. The number of benzene rings is 1. The first-order valence-electron chi connectivity index (χ1n) is 10.6. The highest BCUT2D eigenvalue weighted by Crippen LogP contribution is 2.37. The van der Waals surface area contributed by atoms with E-state index in [-0.39, 0.29) is 37.4 Å². The summed E-state index contributed by atoms with van der Waals surface area (Å²) in [5.41, 5.74) is -0.889. The second kappa shape index (κ2) is 10.3. The van der Waals surface area contributed by atoms with Crippen LogP contribution in [0.15, 0.2) is 6.07 Å². The van der Waals surface area contributed by atoms with Gasteiger partial charge in [-0.25, -0.2) is 26.3 Å². The van der Waals surface area contributed by atoms with E-state index < -0.39 is 66.0 Å². The number of hydrogen-bond acceptors (Lipinski definition) is 5. The van der Waals surface area contributed by atoms with Gasteiger partial charge in [0.25, 0.3) is 18.4 Å². The third-order valence-corrected chi connectivity index (χ3v) is 5.36. The SMILES string of the molecule is CC(=O)N[C@@H](C)CC[C@H]1OCC(Oc2nc3c(F)cc(OCC(F)F)c(F)c3n2C)CC1(F)F. The molecule has 1 fully saturated rings. The summed E-state index contributed by atoms with van der Waals surface area (Å²) >= 11 is 0. The molecule has 2 aromatic rings. The number of fused-ring (bicyclic) bond motifs is 1. The van der Waals surface area contributed by atoms with E-state index in [1.165, 1.54) is 14.0 Å². The van der Waals surface area contributed by atoms with E-state index in [0.29, 0.717) is 6.07 Å². The largest absolute Gasteiger partial charge is 0.484 e. The van der Waals surface area contributed by atoms with Gasteiger partial charge in [-0.3, -0.25) is 9.36 Å². The molecule has 1 aromatic carbocycles. The predicted molar refractivity (Wildman–Crippen MR) is 108 cm³/mol. The number of halogens is 6. The molecule has 0 bridgehead atoms. The summed E-state index contributed by atoms with van der Waals surface area (Å²) in [6.45, 7) is 1.68. The maximum absolute atomic E-state index is 14.7. The molecule has 0 spiro atoms. The molecule has 0 saturated carbocycles. The van der Waals surface area contributed by atoms with Crippen molar-refractivity contribution in [1.82, 2.24) is 14.9 Å². The molecule has 13 heteroatoms. The zero-order valence-corrected chi connectivity index (χ0v) is 18.7. The van der Waals surface area contributed by atoms with Gasteiger partial charge in [-0.2, -0.15) is 4.98 Å². The summed E-state index contributed by atoms with van der Waals surface area (Å²) in [6, 6.07) is -0.0625. The maximum Gasteiger partial charge on any atom is 0.297 e. The Hall–Kier alpha value is -2.70. The normalized spacial score (nSPS) is 21.0. The van der Waals surface area contributed by atoms with E-state index in [0.717, 1.165) is 4.57 Å². The second-order valence-electron chi connectivity index (χ2n) is 8.23. The van der Waals surface area contributed by atoms with Crippen LogP contribution >= 0.6 is 0 Å². The summed E-state index contributed by atoms with van der Waals surface area (Å²) in [7, 11) is 1.26. The number of aryl methyl sites for hydroxylation is 1. The topological polar surface area (TPSA) is 74.6 Å². The van der Waals surface area contributed by atoms with Crippen LogP contribution in [-0.2, 0) is 16.6 Å². The molecular weight excluding hydrogens is 472 g/mol. The number of amides is 1. The van der Waals surface area contributed by atoms with Crippen molar-refractivity contribution in [3.05, 3.63) is 17.7 Å². The van der Waals surface area contributed by atoms with Crippen LogP contribution in [0.5, 0.6) is 11.8 Å². The van der Waals surface area contributed by atoms with Crippen LogP contribution in [0, 0.1) is 11.6 Å². The average Bonchev–Trinajstić information content (AvgIpc) is 3.04. The van der Waals surface area contributed by atoms with Crippen LogP contribution < -0.4 is 14.8 Å². The third-order valence-electron chi connectivity index (χ3n) is 5.36. The smallest absolute Gasteiger partial charge is 0.297 e. The van der Waals surface area contributed by atoms with Gasteiger partial charge in [0.2, 0.25) is 5.91 Å². The van der Waals surface area contributed by atoms with Crippen LogP contribution in [0.25, 0.3) is 11.0 Å². The fraction of sp³-hybridized carbons (Fsp3) is 0.619. The fourth-order valence-corrected chi connectivity index (χ4v) is 3.80. The van der Waals surface area contributed by atoms with Gasteiger partial charge in [-0.15, -0.1) is 0 Å². The number of carbonyl (C=O) groups is 1. The van der Waals surface area contributed by atoms with Crippen LogP contribution in [0.3, 0.4) is 0 Å². The minimum atomic E-state index is -3.25. The number of nitrogens with one attached hydrogen (secondary N) is 1. The van der Waals surface area contributed by atoms with Gasteiger partial charge in [-0.05, 0) is 19.8 Å². The molecule has 190 valence electrons. The number of hydrogen-bond donors (Lipinski definition) is 1. The quantitative estimate of drug-likeness (QED) is 0.531. The Labute approximate surface area is 191 Å². The highest BCUT2D eigenvalue weighted by molar-refractivity contribution is 5.80. The predicted octanol–water partition coefficient (Wildman–Crippen LogP) is 3.97. The van der Waals surface area contributed by atoms with E-state index in [2.05, 4.69) is 15.0 Å². The van der Waals surface area contributed by atoms with Gasteiger partial charge in [0, 0.05) is 26.1 Å². The Kier molecular flexibility index (Phi) is 7.84. The molecule has 1 N–H and O–H groups in total. The van der Waals surface area contributed by atoms with Crippen molar-refractivity contribution in [3.8, 4) is 11.8 Å². The van der Waals surface area contributed by atoms with Gasteiger partial charge in [0.05, 0.1) is 13.0 Å². The number of alkyl halides is 4. The Bertz CT molecular complexity index is 1030. The Morgan fingerprint density at radius 2 is 2.09 bits per heavy atom. The van der Waals surface area contributed by atoms with E-state index in [9.17, 15) is 31.1 Å². The highest BCUT2D eigenvalue weighted by atomic mass is 19.3. The van der Waals surface area contributed by atoms with Crippen LogP contribution in [-0.4, -0.2) is 59.3 Å². The molecule has 1 unspecified atom stereocenters. The van der Waals surface area contributed by atoms with Crippen LogP contribution in [0.1, 0.15) is 33.1 Å². The molecular formula is C21H25F6N3O4. The lowest BCUT2D eigenvalue weighted by Crippen LogP contribution is -2.48. The molecule has 0 radical (unpaired) electrons. The molecule has 1 aromatic heterocycles. The average molecular weight is 497 g/mol. The number of imidazole rings is 1. The fourth-order valence-electron chi connectivity index (χ4n) is 3.80. The number of aromatic nitrogens is 2. The summed E-state index contributed by atoms with van der Waals surface area (Å²) < 4.78 is 99.6. The number of nitrogens with zero attached hydrogens (tertiary/aromatic N) is 2. The van der Waals surface area contributed by atoms with Crippen molar-refractivity contribution in [2.45, 2.75) is 63.7 Å². The first kappa shape index (κ1) is 25.9. The van der Waals surface area contributed by atoms with E-state index in [4.69, 9.17) is 9.47 Å². The number of carbonyl (C=O) groups excluding carboxylic acids is 1. The monoisotopic (exact) mass is 497 g/mol. The Morgan fingerprint density at radius 3 is 2.71 bits per heavy atom. The Balaban J connectivity index is 1.71. The van der Waals surface area contributed by atoms with Gasteiger partial charge in [0.15, 0.2) is 17.4 Å². The lowest BCUT2D eigenvalue weighted by Gasteiger charge is -2.36. The van der Waals surface area contributed by atoms with Gasteiger partial charge < -0.3 is 19.5 Å². The molecule has 1 aliphatic heterocycles. The van der Waals surface area contributed by atoms with Crippen molar-refractivity contribution in [2.75, 3.05) is 13.2 Å². The zero-order valence-electron chi connectivity index (χ0n) is 18.7. The lowest BCUT2D eigenvalue weighted by atomic mass is 9.97. The van der Waals surface area contributed by atoms with Gasteiger partial charge in [-0.1, -0.05) is 0 Å². The first-order valence-corrected chi connectivity index (χ1v) is 10.6. The zero-order chi connectivity index (χ0) is 25.2. The van der Waals surface area contributed by atoms with E-state index >= 15 is 0 Å². The van der Waals surface area contributed by atoms with E-state index in [1.807, 2.05) is 0 Å². The summed E-state index contributed by atoms with van der Waals surface area (Å²) in [6.07, 6.45) is -5.86.